The SMILES string of the molecule is CC(C)c1ccc(C(N)CNC(=O)CCc2nc(-c3ccco3)no2)cc1. The quantitative estimate of drug-likeness (QED) is 0.632. The molecule has 0 saturated carbocycles. The fraction of sp³-hybridized carbons (Fsp3) is 0.350. The van der Waals surface area contributed by atoms with Gasteiger partial charge in [-0.25, -0.2) is 0 Å². The molecule has 1 unspecified atom stereocenters. The van der Waals surface area contributed by atoms with E-state index in [4.69, 9.17) is 14.7 Å². The highest BCUT2D eigenvalue weighted by molar-refractivity contribution is 5.76. The molecule has 0 radical (unpaired) electrons. The Balaban J connectivity index is 1.44. The molecule has 0 fully saturated rings. The number of aromatic nitrogens is 2. The lowest BCUT2D eigenvalue weighted by atomic mass is 9.99. The molecule has 0 saturated heterocycles. The molecule has 142 valence electrons. The van der Waals surface area contributed by atoms with E-state index in [0.717, 1.165) is 5.56 Å². The highest BCUT2D eigenvalue weighted by Gasteiger charge is 2.13. The van der Waals surface area contributed by atoms with Gasteiger partial charge in [0.1, 0.15) is 0 Å². The Hall–Kier alpha value is -2.93. The van der Waals surface area contributed by atoms with Crippen LogP contribution >= 0.6 is 0 Å². The molecule has 2 heterocycles. The van der Waals surface area contributed by atoms with Crippen LogP contribution in [0.15, 0.2) is 51.6 Å². The summed E-state index contributed by atoms with van der Waals surface area (Å²) in [6.07, 6.45) is 2.15. The Morgan fingerprint density at radius 2 is 1.93 bits per heavy atom. The highest BCUT2D eigenvalue weighted by Crippen LogP contribution is 2.18. The van der Waals surface area contributed by atoms with Crippen molar-refractivity contribution in [3.05, 3.63) is 59.7 Å². The van der Waals surface area contributed by atoms with Crippen LogP contribution in [-0.2, 0) is 11.2 Å². The van der Waals surface area contributed by atoms with E-state index in [1.54, 1.807) is 18.4 Å². The third kappa shape index (κ3) is 5.04. The Morgan fingerprint density at radius 1 is 1.19 bits per heavy atom. The number of nitrogens with zero attached hydrogens (tertiary/aromatic N) is 2. The summed E-state index contributed by atoms with van der Waals surface area (Å²) in [6.45, 7) is 4.67. The first kappa shape index (κ1) is 18.8. The maximum atomic E-state index is 12.1. The van der Waals surface area contributed by atoms with E-state index in [-0.39, 0.29) is 18.4 Å². The second-order valence-electron chi connectivity index (χ2n) is 6.72. The molecular weight excluding hydrogens is 344 g/mol. The average Bonchev–Trinajstić information content (AvgIpc) is 3.35. The first-order valence-corrected chi connectivity index (χ1v) is 9.01. The van der Waals surface area contributed by atoms with Gasteiger partial charge in [-0.05, 0) is 29.2 Å². The van der Waals surface area contributed by atoms with E-state index in [2.05, 4.69) is 41.4 Å². The van der Waals surface area contributed by atoms with Crippen molar-refractivity contribution >= 4 is 5.91 Å². The maximum absolute atomic E-state index is 12.1. The summed E-state index contributed by atoms with van der Waals surface area (Å²) in [4.78, 5) is 16.3. The number of furan rings is 1. The second-order valence-corrected chi connectivity index (χ2v) is 6.72. The lowest BCUT2D eigenvalue weighted by molar-refractivity contribution is -0.121. The number of hydrogen-bond donors (Lipinski definition) is 2. The highest BCUT2D eigenvalue weighted by atomic mass is 16.5. The number of nitrogens with two attached hydrogens (primary N) is 1. The molecule has 3 aromatic rings. The van der Waals surface area contributed by atoms with Crippen LogP contribution in [0.1, 0.15) is 49.2 Å². The van der Waals surface area contributed by atoms with Crippen molar-refractivity contribution in [1.82, 2.24) is 15.5 Å². The molecule has 3 N–H and O–H groups in total. The number of rotatable bonds is 8. The lowest BCUT2D eigenvalue weighted by Gasteiger charge is -2.14. The van der Waals surface area contributed by atoms with Crippen molar-refractivity contribution < 1.29 is 13.7 Å². The van der Waals surface area contributed by atoms with E-state index in [9.17, 15) is 4.79 Å². The van der Waals surface area contributed by atoms with E-state index in [1.807, 2.05) is 12.1 Å². The topological polar surface area (TPSA) is 107 Å². The van der Waals surface area contributed by atoms with Crippen LogP contribution in [-0.4, -0.2) is 22.6 Å². The number of benzene rings is 1. The Labute approximate surface area is 157 Å². The summed E-state index contributed by atoms with van der Waals surface area (Å²) >= 11 is 0. The van der Waals surface area contributed by atoms with E-state index in [0.29, 0.717) is 36.4 Å². The van der Waals surface area contributed by atoms with Gasteiger partial charge in [-0.3, -0.25) is 4.79 Å². The minimum Gasteiger partial charge on any atom is -0.461 e. The van der Waals surface area contributed by atoms with Crippen LogP contribution in [0.3, 0.4) is 0 Å². The molecule has 3 rings (SSSR count). The second kappa shape index (κ2) is 8.64. The summed E-state index contributed by atoms with van der Waals surface area (Å²) in [7, 11) is 0. The average molecular weight is 368 g/mol. The van der Waals surface area contributed by atoms with Crippen LogP contribution < -0.4 is 11.1 Å². The number of nitrogens with one attached hydrogen (secondary N) is 1. The standard InChI is InChI=1S/C20H24N4O3/c1-13(2)14-5-7-15(8-6-14)16(21)12-22-18(25)9-10-19-23-20(24-27-19)17-4-3-11-26-17/h3-8,11,13,16H,9-10,12,21H2,1-2H3,(H,22,25). The predicted octanol–water partition coefficient (Wildman–Crippen LogP) is 3.20. The molecule has 0 spiro atoms. The monoisotopic (exact) mass is 368 g/mol. The molecule has 1 amide bonds. The molecule has 7 nitrogen and oxygen atoms in total. The smallest absolute Gasteiger partial charge is 0.238 e. The summed E-state index contributed by atoms with van der Waals surface area (Å²) in [5, 5.41) is 6.69. The molecule has 7 heteroatoms. The van der Waals surface area contributed by atoms with Crippen LogP contribution in [0.25, 0.3) is 11.6 Å². The first-order chi connectivity index (χ1) is 13.0. The zero-order valence-corrected chi connectivity index (χ0v) is 15.5. The molecule has 0 aliphatic heterocycles. The van der Waals surface area contributed by atoms with Crippen molar-refractivity contribution in [2.24, 2.45) is 5.73 Å². The van der Waals surface area contributed by atoms with Gasteiger partial charge < -0.3 is 20.0 Å². The lowest BCUT2D eigenvalue weighted by Crippen LogP contribution is -2.32. The largest absolute Gasteiger partial charge is 0.461 e. The summed E-state index contributed by atoms with van der Waals surface area (Å²) in [5.74, 6) is 1.67. The molecule has 0 aliphatic carbocycles. The summed E-state index contributed by atoms with van der Waals surface area (Å²) in [5.41, 5.74) is 8.44. The van der Waals surface area contributed by atoms with Crippen LogP contribution in [0.5, 0.6) is 0 Å². The summed E-state index contributed by atoms with van der Waals surface area (Å²) in [6, 6.07) is 11.4. The van der Waals surface area contributed by atoms with E-state index >= 15 is 0 Å². The van der Waals surface area contributed by atoms with Gasteiger partial charge in [0.25, 0.3) is 0 Å². The zero-order valence-electron chi connectivity index (χ0n) is 15.5. The molecule has 0 aliphatic rings. The number of aryl methyl sites for hydroxylation is 1. The Morgan fingerprint density at radius 3 is 2.59 bits per heavy atom. The van der Waals surface area contributed by atoms with Crippen molar-refractivity contribution in [1.29, 1.82) is 0 Å². The fourth-order valence-corrected chi connectivity index (χ4v) is 2.64. The van der Waals surface area contributed by atoms with Crippen LogP contribution in [0.4, 0.5) is 0 Å². The number of carbonyl (C=O) groups excluding carboxylic acids is 1. The number of carbonyl (C=O) groups is 1. The Bertz CT molecular complexity index is 854. The van der Waals surface area contributed by atoms with Crippen LogP contribution in [0, 0.1) is 0 Å². The number of amides is 1. The van der Waals surface area contributed by atoms with Gasteiger partial charge in [0, 0.05) is 25.4 Å². The van der Waals surface area contributed by atoms with Crippen molar-refractivity contribution in [2.75, 3.05) is 6.54 Å². The van der Waals surface area contributed by atoms with Gasteiger partial charge in [0.05, 0.1) is 6.26 Å². The number of hydrogen-bond acceptors (Lipinski definition) is 6. The van der Waals surface area contributed by atoms with Crippen LogP contribution in [0.2, 0.25) is 0 Å². The minimum absolute atomic E-state index is 0.109. The van der Waals surface area contributed by atoms with Gasteiger partial charge in [0.15, 0.2) is 5.76 Å². The van der Waals surface area contributed by atoms with Crippen molar-refractivity contribution in [3.63, 3.8) is 0 Å². The van der Waals surface area contributed by atoms with E-state index < -0.39 is 0 Å². The minimum atomic E-state index is -0.246. The summed E-state index contributed by atoms with van der Waals surface area (Å²) < 4.78 is 10.3. The third-order valence-electron chi connectivity index (χ3n) is 4.33. The normalized spacial score (nSPS) is 12.3. The first-order valence-electron chi connectivity index (χ1n) is 9.01. The molecule has 1 aromatic carbocycles. The molecule has 1 atom stereocenters. The Kier molecular flexibility index (Phi) is 6.03. The maximum Gasteiger partial charge on any atom is 0.238 e. The zero-order chi connectivity index (χ0) is 19.2. The van der Waals surface area contributed by atoms with Gasteiger partial charge in [0.2, 0.25) is 17.6 Å². The molecular formula is C20H24N4O3. The van der Waals surface area contributed by atoms with Gasteiger partial charge >= 0.3 is 0 Å². The van der Waals surface area contributed by atoms with Gasteiger partial charge in [-0.1, -0.05) is 43.3 Å². The van der Waals surface area contributed by atoms with Crippen molar-refractivity contribution in [2.45, 2.75) is 38.6 Å². The predicted molar refractivity (Wildman–Crippen MR) is 101 cm³/mol. The third-order valence-corrected chi connectivity index (χ3v) is 4.33. The van der Waals surface area contributed by atoms with Gasteiger partial charge in [-0.15, -0.1) is 0 Å². The van der Waals surface area contributed by atoms with Crippen molar-refractivity contribution in [3.8, 4) is 11.6 Å². The molecule has 2 aromatic heterocycles. The molecule has 0 bridgehead atoms. The molecule has 27 heavy (non-hydrogen) atoms. The van der Waals surface area contributed by atoms with Gasteiger partial charge in [-0.2, -0.15) is 4.98 Å². The fourth-order valence-electron chi connectivity index (χ4n) is 2.64. The van der Waals surface area contributed by atoms with E-state index in [1.165, 1.54) is 5.56 Å².